The Morgan fingerprint density at radius 1 is 1.29 bits per heavy atom. The van der Waals surface area contributed by atoms with Crippen LogP contribution in [0.25, 0.3) is 11.5 Å². The lowest BCUT2D eigenvalue weighted by Crippen LogP contribution is -2.07. The second-order valence-electron chi connectivity index (χ2n) is 4.61. The first-order valence-electron chi connectivity index (χ1n) is 6.06. The highest BCUT2D eigenvalue weighted by Gasteiger charge is 2.16. The Kier molecular flexibility index (Phi) is 2.69. The summed E-state index contributed by atoms with van der Waals surface area (Å²) in [6.07, 6.45) is 2.92. The molecule has 0 bridgehead atoms. The molecule has 0 radical (unpaired) electrons. The van der Waals surface area contributed by atoms with E-state index in [-0.39, 0.29) is 0 Å². The van der Waals surface area contributed by atoms with Gasteiger partial charge in [-0.3, -0.25) is 0 Å². The topological polar surface area (TPSA) is 38.1 Å². The van der Waals surface area contributed by atoms with Crippen molar-refractivity contribution in [2.45, 2.75) is 19.3 Å². The van der Waals surface area contributed by atoms with Crippen molar-refractivity contribution < 1.29 is 4.42 Å². The van der Waals surface area contributed by atoms with Crippen LogP contribution in [0.4, 0.5) is 0 Å². The van der Waals surface area contributed by atoms with E-state index in [1.165, 1.54) is 12.0 Å². The third-order valence-electron chi connectivity index (χ3n) is 3.31. The molecule has 1 saturated heterocycles. The maximum atomic E-state index is 5.39. The third kappa shape index (κ3) is 2.11. The number of aryl methyl sites for hydroxylation is 1. The van der Waals surface area contributed by atoms with Crippen LogP contribution in [0.1, 0.15) is 23.6 Å². The normalized spacial score (nSPS) is 19.7. The molecule has 1 fully saturated rings. The van der Waals surface area contributed by atoms with Crippen molar-refractivity contribution in [3.8, 4) is 11.5 Å². The van der Waals surface area contributed by atoms with Crippen LogP contribution < -0.4 is 5.32 Å². The maximum Gasteiger partial charge on any atom is 0.226 e. The monoisotopic (exact) mass is 228 g/mol. The van der Waals surface area contributed by atoms with Gasteiger partial charge in [0.2, 0.25) is 5.89 Å². The molecule has 2 aromatic rings. The molecule has 17 heavy (non-hydrogen) atoms. The Labute approximate surface area is 101 Å². The lowest BCUT2D eigenvalue weighted by molar-refractivity contribution is 0.573. The van der Waals surface area contributed by atoms with Gasteiger partial charge in [0.15, 0.2) is 0 Å². The summed E-state index contributed by atoms with van der Waals surface area (Å²) in [5.41, 5.74) is 3.37. The van der Waals surface area contributed by atoms with Crippen molar-refractivity contribution >= 4 is 0 Å². The average molecular weight is 228 g/mol. The molecule has 1 aromatic carbocycles. The highest BCUT2D eigenvalue weighted by molar-refractivity contribution is 5.54. The van der Waals surface area contributed by atoms with Crippen molar-refractivity contribution in [1.82, 2.24) is 10.3 Å². The number of aromatic nitrogens is 1. The molecule has 1 aliphatic rings. The summed E-state index contributed by atoms with van der Waals surface area (Å²) in [5.74, 6) is 1.37. The SMILES string of the molecule is Cc1coc(-c2ccc(C3CCNC3)cc2)n1. The van der Waals surface area contributed by atoms with Gasteiger partial charge >= 0.3 is 0 Å². The number of hydrogen-bond donors (Lipinski definition) is 1. The van der Waals surface area contributed by atoms with Gasteiger partial charge in [0, 0.05) is 12.1 Å². The molecule has 2 heterocycles. The second kappa shape index (κ2) is 4.34. The van der Waals surface area contributed by atoms with E-state index in [2.05, 4.69) is 34.6 Å². The van der Waals surface area contributed by atoms with Crippen LogP contribution >= 0.6 is 0 Å². The predicted molar refractivity (Wildman–Crippen MR) is 66.9 cm³/mol. The van der Waals surface area contributed by atoms with Crippen LogP contribution in [0.5, 0.6) is 0 Å². The van der Waals surface area contributed by atoms with E-state index in [1.807, 2.05) is 6.92 Å². The molecule has 1 atom stereocenters. The maximum absolute atomic E-state index is 5.39. The lowest BCUT2D eigenvalue weighted by atomic mass is 9.97. The number of benzene rings is 1. The van der Waals surface area contributed by atoms with Gasteiger partial charge in [0.25, 0.3) is 0 Å². The number of hydrogen-bond acceptors (Lipinski definition) is 3. The van der Waals surface area contributed by atoms with Gasteiger partial charge in [-0.15, -0.1) is 0 Å². The molecule has 88 valence electrons. The Morgan fingerprint density at radius 2 is 2.12 bits per heavy atom. The predicted octanol–water partition coefficient (Wildman–Crippen LogP) is 2.73. The molecule has 3 heteroatoms. The standard InChI is InChI=1S/C14H16N2O/c1-10-9-17-14(16-10)12-4-2-11(3-5-12)13-6-7-15-8-13/h2-5,9,13,15H,6-8H2,1H3. The molecule has 0 aliphatic carbocycles. The molecule has 1 unspecified atom stereocenters. The fourth-order valence-corrected chi connectivity index (χ4v) is 2.32. The minimum Gasteiger partial charge on any atom is -0.444 e. The van der Waals surface area contributed by atoms with Gasteiger partial charge in [0.05, 0.1) is 5.69 Å². The summed E-state index contributed by atoms with van der Waals surface area (Å²) in [6.45, 7) is 4.16. The molecule has 3 rings (SSSR count). The second-order valence-corrected chi connectivity index (χ2v) is 4.61. The lowest BCUT2D eigenvalue weighted by Gasteiger charge is -2.08. The fraction of sp³-hybridized carbons (Fsp3) is 0.357. The van der Waals surface area contributed by atoms with Gasteiger partial charge in [-0.2, -0.15) is 0 Å². The van der Waals surface area contributed by atoms with E-state index in [1.54, 1.807) is 6.26 Å². The van der Waals surface area contributed by atoms with Gasteiger partial charge in [-0.1, -0.05) is 12.1 Å². The molecular formula is C14H16N2O. The van der Waals surface area contributed by atoms with Gasteiger partial charge < -0.3 is 9.73 Å². The zero-order chi connectivity index (χ0) is 11.7. The highest BCUT2D eigenvalue weighted by atomic mass is 16.3. The van der Waals surface area contributed by atoms with Crippen molar-refractivity contribution in [3.05, 3.63) is 41.8 Å². The summed E-state index contributed by atoms with van der Waals surface area (Å²) in [7, 11) is 0. The Balaban J connectivity index is 1.84. The first-order chi connectivity index (χ1) is 8.33. The van der Waals surface area contributed by atoms with Crippen molar-refractivity contribution in [3.63, 3.8) is 0 Å². The summed E-state index contributed by atoms with van der Waals surface area (Å²) >= 11 is 0. The summed E-state index contributed by atoms with van der Waals surface area (Å²) < 4.78 is 5.39. The van der Waals surface area contributed by atoms with Gasteiger partial charge in [-0.05, 0) is 43.5 Å². The average Bonchev–Trinajstić information content (AvgIpc) is 3.00. The highest BCUT2D eigenvalue weighted by Crippen LogP contribution is 2.25. The summed E-state index contributed by atoms with van der Waals surface area (Å²) in [4.78, 5) is 4.33. The zero-order valence-corrected chi connectivity index (χ0v) is 9.94. The molecule has 0 saturated carbocycles. The Morgan fingerprint density at radius 3 is 2.71 bits per heavy atom. The minimum absolute atomic E-state index is 0.662. The molecule has 1 aliphatic heterocycles. The van der Waals surface area contributed by atoms with E-state index in [0.717, 1.165) is 24.3 Å². The first-order valence-corrected chi connectivity index (χ1v) is 6.06. The minimum atomic E-state index is 0.662. The fourth-order valence-electron chi connectivity index (χ4n) is 2.32. The van der Waals surface area contributed by atoms with Crippen LogP contribution in [0.2, 0.25) is 0 Å². The van der Waals surface area contributed by atoms with Crippen molar-refractivity contribution in [2.24, 2.45) is 0 Å². The largest absolute Gasteiger partial charge is 0.444 e. The Hall–Kier alpha value is -1.61. The van der Waals surface area contributed by atoms with Crippen LogP contribution in [-0.2, 0) is 0 Å². The summed E-state index contributed by atoms with van der Waals surface area (Å²) in [6, 6.07) is 8.57. The van der Waals surface area contributed by atoms with Crippen LogP contribution in [0.3, 0.4) is 0 Å². The quantitative estimate of drug-likeness (QED) is 0.858. The number of oxazole rings is 1. The first kappa shape index (κ1) is 10.5. The van der Waals surface area contributed by atoms with E-state index >= 15 is 0 Å². The van der Waals surface area contributed by atoms with Crippen LogP contribution in [-0.4, -0.2) is 18.1 Å². The van der Waals surface area contributed by atoms with Crippen LogP contribution in [0.15, 0.2) is 34.9 Å². The van der Waals surface area contributed by atoms with Gasteiger partial charge in [-0.25, -0.2) is 4.98 Å². The van der Waals surface area contributed by atoms with Crippen molar-refractivity contribution in [1.29, 1.82) is 0 Å². The Bertz CT molecular complexity index is 495. The van der Waals surface area contributed by atoms with Crippen molar-refractivity contribution in [2.75, 3.05) is 13.1 Å². The third-order valence-corrected chi connectivity index (χ3v) is 3.31. The van der Waals surface area contributed by atoms with Gasteiger partial charge in [0.1, 0.15) is 6.26 Å². The molecule has 3 nitrogen and oxygen atoms in total. The molecular weight excluding hydrogens is 212 g/mol. The molecule has 0 amide bonds. The number of nitrogens with one attached hydrogen (secondary N) is 1. The molecule has 0 spiro atoms. The number of nitrogens with zero attached hydrogens (tertiary/aromatic N) is 1. The smallest absolute Gasteiger partial charge is 0.226 e. The number of rotatable bonds is 2. The van der Waals surface area contributed by atoms with E-state index in [9.17, 15) is 0 Å². The van der Waals surface area contributed by atoms with Crippen LogP contribution in [0, 0.1) is 6.92 Å². The summed E-state index contributed by atoms with van der Waals surface area (Å²) in [5, 5.41) is 3.39. The zero-order valence-electron chi connectivity index (χ0n) is 9.94. The molecule has 1 N–H and O–H groups in total. The van der Waals surface area contributed by atoms with E-state index in [4.69, 9.17) is 4.42 Å². The van der Waals surface area contributed by atoms with E-state index in [0.29, 0.717) is 11.8 Å². The van der Waals surface area contributed by atoms with E-state index < -0.39 is 0 Å². The molecule has 1 aromatic heterocycles.